The van der Waals surface area contributed by atoms with Crippen LogP contribution >= 0.6 is 0 Å². The van der Waals surface area contributed by atoms with Crippen LogP contribution in [0.4, 0.5) is 5.82 Å². The molecule has 0 bridgehead atoms. The van der Waals surface area contributed by atoms with Crippen LogP contribution in [0.25, 0.3) is 0 Å². The molecule has 0 aromatic carbocycles. The maximum Gasteiger partial charge on any atom is 0.410 e. The quantitative estimate of drug-likeness (QED) is 0.578. The van der Waals surface area contributed by atoms with Crippen molar-refractivity contribution in [3.05, 3.63) is 34.3 Å². The van der Waals surface area contributed by atoms with Crippen molar-refractivity contribution >= 4 is 15.8 Å². The monoisotopic (exact) mass is 300 g/mol. The SMILES string of the molecule is Cn1nccc1CCn1cc(S(N)(=O)=O)c([N+](=O)[O-])n1. The first kappa shape index (κ1) is 14.1. The molecule has 2 aromatic rings. The largest absolute Gasteiger partial charge is 0.410 e. The van der Waals surface area contributed by atoms with E-state index in [0.717, 1.165) is 11.9 Å². The number of rotatable bonds is 5. The highest BCUT2D eigenvalue weighted by molar-refractivity contribution is 7.89. The van der Waals surface area contributed by atoms with Crippen LogP contribution < -0.4 is 5.14 Å². The van der Waals surface area contributed by atoms with E-state index in [9.17, 15) is 18.5 Å². The molecule has 0 unspecified atom stereocenters. The molecule has 2 rings (SSSR count). The summed E-state index contributed by atoms with van der Waals surface area (Å²) in [5.41, 5.74) is 0.889. The minimum atomic E-state index is -4.18. The number of primary sulfonamides is 1. The molecule has 11 heteroatoms. The second kappa shape index (κ2) is 5.02. The van der Waals surface area contributed by atoms with E-state index in [1.807, 2.05) is 0 Å². The van der Waals surface area contributed by atoms with Gasteiger partial charge in [-0.25, -0.2) is 13.6 Å². The Labute approximate surface area is 114 Å². The molecule has 0 radical (unpaired) electrons. The molecule has 0 aliphatic heterocycles. The van der Waals surface area contributed by atoms with E-state index in [1.54, 1.807) is 24.0 Å². The fraction of sp³-hybridized carbons (Fsp3) is 0.333. The van der Waals surface area contributed by atoms with Gasteiger partial charge in [0.05, 0.1) is 17.8 Å². The first-order valence-corrected chi connectivity index (χ1v) is 7.05. The standard InChI is InChI=1S/C9H12N6O4S/c1-13-7(2-4-11-13)3-5-14-6-8(20(10,18)19)9(12-14)15(16)17/h2,4,6H,3,5H2,1H3,(H2,10,18,19). The molecule has 0 aliphatic carbocycles. The van der Waals surface area contributed by atoms with Gasteiger partial charge in [0.1, 0.15) is 0 Å². The first-order chi connectivity index (χ1) is 9.29. The van der Waals surface area contributed by atoms with Crippen molar-refractivity contribution in [1.29, 1.82) is 0 Å². The zero-order chi connectivity index (χ0) is 14.9. The lowest BCUT2D eigenvalue weighted by Gasteiger charge is -1.99. The third-order valence-corrected chi connectivity index (χ3v) is 3.61. The van der Waals surface area contributed by atoms with Gasteiger partial charge in [-0.3, -0.25) is 4.68 Å². The van der Waals surface area contributed by atoms with Gasteiger partial charge in [-0.1, -0.05) is 0 Å². The number of nitro groups is 1. The molecule has 0 saturated heterocycles. The third kappa shape index (κ3) is 2.83. The summed E-state index contributed by atoms with van der Waals surface area (Å²) in [6.45, 7) is 0.274. The Kier molecular flexibility index (Phi) is 3.55. The van der Waals surface area contributed by atoms with Gasteiger partial charge in [-0.15, -0.1) is 0 Å². The number of hydrogen-bond donors (Lipinski definition) is 1. The van der Waals surface area contributed by atoms with Gasteiger partial charge < -0.3 is 10.1 Å². The Morgan fingerprint density at radius 2 is 2.20 bits per heavy atom. The van der Waals surface area contributed by atoms with E-state index in [1.165, 1.54) is 4.68 Å². The van der Waals surface area contributed by atoms with Crippen LogP contribution in [0.3, 0.4) is 0 Å². The zero-order valence-corrected chi connectivity index (χ0v) is 11.3. The van der Waals surface area contributed by atoms with E-state index in [-0.39, 0.29) is 6.54 Å². The minimum absolute atomic E-state index is 0.274. The Morgan fingerprint density at radius 1 is 1.50 bits per heavy atom. The van der Waals surface area contributed by atoms with Gasteiger partial charge in [0, 0.05) is 25.4 Å². The van der Waals surface area contributed by atoms with Crippen LogP contribution in [-0.2, 0) is 30.0 Å². The van der Waals surface area contributed by atoms with E-state index >= 15 is 0 Å². The van der Waals surface area contributed by atoms with Crippen LogP contribution in [0, 0.1) is 10.1 Å². The van der Waals surface area contributed by atoms with E-state index in [0.29, 0.717) is 6.42 Å². The summed E-state index contributed by atoms with van der Waals surface area (Å²) in [6.07, 6.45) is 3.18. The predicted octanol–water partition coefficient (Wildman–Crippen LogP) is -0.585. The summed E-state index contributed by atoms with van der Waals surface area (Å²) in [4.78, 5) is 9.30. The molecular formula is C9H12N6O4S. The lowest BCUT2D eigenvalue weighted by Crippen LogP contribution is -2.13. The summed E-state index contributed by atoms with van der Waals surface area (Å²) in [7, 11) is -2.42. The smallest absolute Gasteiger partial charge is 0.358 e. The molecule has 0 amide bonds. The second-order valence-electron chi connectivity index (χ2n) is 4.08. The molecule has 0 saturated carbocycles. The molecule has 0 atom stereocenters. The van der Waals surface area contributed by atoms with E-state index in [2.05, 4.69) is 10.2 Å². The van der Waals surface area contributed by atoms with Crippen LogP contribution in [0.15, 0.2) is 23.4 Å². The molecule has 0 fully saturated rings. The number of hydrogen-bond acceptors (Lipinski definition) is 6. The lowest BCUT2D eigenvalue weighted by atomic mass is 10.3. The van der Waals surface area contributed by atoms with Crippen molar-refractivity contribution in [2.75, 3.05) is 0 Å². The molecule has 2 aromatic heterocycles. The number of nitrogens with zero attached hydrogens (tertiary/aromatic N) is 5. The maximum atomic E-state index is 11.3. The Hall–Kier alpha value is -2.27. The number of aryl methyl sites for hydroxylation is 3. The molecule has 108 valence electrons. The van der Waals surface area contributed by atoms with Crippen LogP contribution in [0.2, 0.25) is 0 Å². The fourth-order valence-corrected chi connectivity index (χ4v) is 2.35. The fourth-order valence-electron chi connectivity index (χ4n) is 1.71. The second-order valence-corrected chi connectivity index (χ2v) is 5.61. The van der Waals surface area contributed by atoms with Gasteiger partial charge in [0.2, 0.25) is 14.9 Å². The lowest BCUT2D eigenvalue weighted by molar-refractivity contribution is -0.392. The highest BCUT2D eigenvalue weighted by Gasteiger charge is 2.28. The topological polar surface area (TPSA) is 139 Å². The van der Waals surface area contributed by atoms with Gasteiger partial charge in [-0.05, 0) is 11.0 Å². The highest BCUT2D eigenvalue weighted by Crippen LogP contribution is 2.20. The number of aromatic nitrogens is 4. The molecule has 2 N–H and O–H groups in total. The summed E-state index contributed by atoms with van der Waals surface area (Å²) >= 11 is 0. The summed E-state index contributed by atoms with van der Waals surface area (Å²) < 4.78 is 25.4. The Bertz CT molecular complexity index is 746. The Morgan fingerprint density at radius 3 is 2.65 bits per heavy atom. The molecule has 2 heterocycles. The van der Waals surface area contributed by atoms with Crippen molar-refractivity contribution in [3.63, 3.8) is 0 Å². The van der Waals surface area contributed by atoms with E-state index in [4.69, 9.17) is 5.14 Å². The average molecular weight is 300 g/mol. The third-order valence-electron chi connectivity index (χ3n) is 2.71. The van der Waals surface area contributed by atoms with Gasteiger partial charge in [-0.2, -0.15) is 9.78 Å². The van der Waals surface area contributed by atoms with Crippen molar-refractivity contribution in [2.45, 2.75) is 17.9 Å². The minimum Gasteiger partial charge on any atom is -0.358 e. The molecule has 20 heavy (non-hydrogen) atoms. The van der Waals surface area contributed by atoms with Crippen LogP contribution in [0.1, 0.15) is 5.69 Å². The molecular weight excluding hydrogens is 288 g/mol. The summed E-state index contributed by atoms with van der Waals surface area (Å²) in [5.74, 6) is -0.766. The Balaban J connectivity index is 2.26. The van der Waals surface area contributed by atoms with Crippen molar-refractivity contribution in [3.8, 4) is 0 Å². The van der Waals surface area contributed by atoms with E-state index < -0.39 is 25.7 Å². The molecule has 0 aliphatic rings. The van der Waals surface area contributed by atoms with Crippen molar-refractivity contribution < 1.29 is 13.3 Å². The summed E-state index contributed by atoms with van der Waals surface area (Å²) in [6, 6.07) is 1.79. The van der Waals surface area contributed by atoms with Crippen molar-refractivity contribution in [2.24, 2.45) is 12.2 Å². The molecule has 10 nitrogen and oxygen atoms in total. The first-order valence-electron chi connectivity index (χ1n) is 5.50. The normalized spacial score (nSPS) is 11.7. The predicted molar refractivity (Wildman–Crippen MR) is 67.2 cm³/mol. The van der Waals surface area contributed by atoms with Gasteiger partial charge >= 0.3 is 5.82 Å². The number of nitrogens with two attached hydrogens (primary N) is 1. The van der Waals surface area contributed by atoms with Crippen LogP contribution in [0.5, 0.6) is 0 Å². The van der Waals surface area contributed by atoms with Gasteiger partial charge in [0.25, 0.3) is 0 Å². The zero-order valence-electron chi connectivity index (χ0n) is 10.5. The summed E-state index contributed by atoms with van der Waals surface area (Å²) in [5, 5.41) is 23.3. The average Bonchev–Trinajstić information content (AvgIpc) is 2.91. The maximum absolute atomic E-state index is 11.3. The number of sulfonamides is 1. The highest BCUT2D eigenvalue weighted by atomic mass is 32.2. The van der Waals surface area contributed by atoms with Gasteiger partial charge in [0.15, 0.2) is 0 Å². The van der Waals surface area contributed by atoms with Crippen molar-refractivity contribution in [1.82, 2.24) is 19.6 Å². The van der Waals surface area contributed by atoms with Crippen LogP contribution in [-0.4, -0.2) is 32.9 Å². The molecule has 0 spiro atoms.